The van der Waals surface area contributed by atoms with Crippen LogP contribution in [0.5, 0.6) is 0 Å². The minimum atomic E-state index is -0.792. The molecule has 1 fully saturated rings. The Bertz CT molecular complexity index is 1350. The topological polar surface area (TPSA) is 86.3 Å². The van der Waals surface area contributed by atoms with E-state index in [1.54, 1.807) is 30.0 Å². The zero-order chi connectivity index (χ0) is 24.5. The number of nitrogens with zero attached hydrogens (tertiary/aromatic N) is 4. The number of ether oxygens (including phenoxy) is 1. The Balaban J connectivity index is 1.53. The van der Waals surface area contributed by atoms with Crippen LogP contribution in [0.15, 0.2) is 66.7 Å². The molecule has 1 amide bonds. The number of nitrogens with two attached hydrogens (primary N) is 1. The average molecular weight is 475 g/mol. The molecule has 35 heavy (non-hydrogen) atoms. The van der Waals surface area contributed by atoms with Gasteiger partial charge in [0.25, 0.3) is 5.91 Å². The van der Waals surface area contributed by atoms with Gasteiger partial charge in [0.1, 0.15) is 29.6 Å². The van der Waals surface area contributed by atoms with Crippen molar-refractivity contribution in [3.63, 3.8) is 0 Å². The van der Waals surface area contributed by atoms with Gasteiger partial charge < -0.3 is 15.4 Å². The molecule has 1 aliphatic rings. The summed E-state index contributed by atoms with van der Waals surface area (Å²) >= 11 is 0. The zero-order valence-corrected chi connectivity index (χ0v) is 19.0. The van der Waals surface area contributed by atoms with E-state index in [0.717, 1.165) is 5.56 Å². The van der Waals surface area contributed by atoms with Crippen LogP contribution in [0, 0.1) is 18.6 Å². The summed E-state index contributed by atoms with van der Waals surface area (Å²) in [6.45, 7) is 2.07. The van der Waals surface area contributed by atoms with Gasteiger partial charge in [-0.25, -0.2) is 8.78 Å². The van der Waals surface area contributed by atoms with E-state index in [1.807, 2.05) is 24.3 Å². The number of amides is 1. The Kier molecular flexibility index (Phi) is 6.00. The number of carbonyl (C=O) groups is 1. The molecule has 0 bridgehead atoms. The molecule has 1 aliphatic heterocycles. The second-order valence-electron chi connectivity index (χ2n) is 8.46. The summed E-state index contributed by atoms with van der Waals surface area (Å²) in [7, 11) is 0. The van der Waals surface area contributed by atoms with Crippen LogP contribution in [-0.4, -0.2) is 39.0 Å². The van der Waals surface area contributed by atoms with Crippen LogP contribution in [0.1, 0.15) is 23.0 Å². The van der Waals surface area contributed by atoms with E-state index in [2.05, 4.69) is 10.2 Å². The van der Waals surface area contributed by atoms with E-state index >= 15 is 0 Å². The van der Waals surface area contributed by atoms with Crippen LogP contribution < -0.4 is 5.73 Å². The van der Waals surface area contributed by atoms with Crippen molar-refractivity contribution in [3.05, 3.63) is 95.2 Å². The molecule has 1 unspecified atom stereocenters. The monoisotopic (exact) mass is 475 g/mol. The molecule has 0 saturated carbocycles. The summed E-state index contributed by atoms with van der Waals surface area (Å²) < 4.78 is 33.5. The molecule has 2 heterocycles. The fourth-order valence-corrected chi connectivity index (χ4v) is 4.10. The maximum atomic E-state index is 14.1. The molecule has 0 aliphatic carbocycles. The fourth-order valence-electron chi connectivity index (χ4n) is 4.10. The van der Waals surface area contributed by atoms with Gasteiger partial charge in [0.15, 0.2) is 6.23 Å². The molecule has 3 aromatic carbocycles. The SMILES string of the molecule is Cc1cc(F)cc(-n2nc(-c3ccc(F)cc3)c(C3OCC(=O)N3CCc3ccc(N)cc3)n2)c1. The van der Waals surface area contributed by atoms with Crippen molar-refractivity contribution in [2.45, 2.75) is 19.6 Å². The van der Waals surface area contributed by atoms with Crippen LogP contribution >= 0.6 is 0 Å². The van der Waals surface area contributed by atoms with Gasteiger partial charge in [-0.05, 0) is 73.0 Å². The van der Waals surface area contributed by atoms with Crippen LogP contribution in [0.25, 0.3) is 16.9 Å². The third-order valence-electron chi connectivity index (χ3n) is 5.84. The van der Waals surface area contributed by atoms with Gasteiger partial charge >= 0.3 is 0 Å². The summed E-state index contributed by atoms with van der Waals surface area (Å²) in [5.74, 6) is -0.980. The maximum Gasteiger partial charge on any atom is 0.251 e. The Morgan fingerprint density at radius 3 is 2.46 bits per heavy atom. The highest BCUT2D eigenvalue weighted by molar-refractivity contribution is 5.80. The number of hydrogen-bond acceptors (Lipinski definition) is 5. The molecule has 178 valence electrons. The molecular weight excluding hydrogens is 452 g/mol. The lowest BCUT2D eigenvalue weighted by Gasteiger charge is -2.22. The molecule has 0 spiro atoms. The Morgan fingerprint density at radius 1 is 1.00 bits per heavy atom. The quantitative estimate of drug-likeness (QED) is 0.423. The third kappa shape index (κ3) is 4.76. The Hall–Kier alpha value is -4.11. The number of anilines is 1. The van der Waals surface area contributed by atoms with Gasteiger partial charge in [-0.15, -0.1) is 10.2 Å². The maximum absolute atomic E-state index is 14.1. The summed E-state index contributed by atoms with van der Waals surface area (Å²) in [6.07, 6.45) is -0.200. The van der Waals surface area contributed by atoms with Crippen molar-refractivity contribution in [3.8, 4) is 16.9 Å². The predicted octanol–water partition coefficient (Wildman–Crippen LogP) is 4.20. The lowest BCUT2D eigenvalue weighted by molar-refractivity contribution is -0.128. The van der Waals surface area contributed by atoms with E-state index in [-0.39, 0.29) is 18.3 Å². The number of carbonyl (C=O) groups excluding carboxylic acids is 1. The highest BCUT2D eigenvalue weighted by Crippen LogP contribution is 2.34. The lowest BCUT2D eigenvalue weighted by Crippen LogP contribution is -2.31. The van der Waals surface area contributed by atoms with Crippen molar-refractivity contribution >= 4 is 11.6 Å². The number of aryl methyl sites for hydroxylation is 1. The lowest BCUT2D eigenvalue weighted by atomic mass is 10.1. The smallest absolute Gasteiger partial charge is 0.251 e. The van der Waals surface area contributed by atoms with Crippen molar-refractivity contribution in [1.29, 1.82) is 0 Å². The second kappa shape index (κ2) is 9.27. The van der Waals surface area contributed by atoms with Crippen LogP contribution in [0.2, 0.25) is 0 Å². The van der Waals surface area contributed by atoms with E-state index in [1.165, 1.54) is 29.1 Å². The molecule has 7 nitrogen and oxygen atoms in total. The van der Waals surface area contributed by atoms with Crippen molar-refractivity contribution in [2.75, 3.05) is 18.9 Å². The summed E-state index contributed by atoms with van der Waals surface area (Å²) in [4.78, 5) is 15.6. The first-order chi connectivity index (χ1) is 16.9. The van der Waals surface area contributed by atoms with Crippen molar-refractivity contribution in [1.82, 2.24) is 19.9 Å². The van der Waals surface area contributed by atoms with E-state index in [9.17, 15) is 13.6 Å². The van der Waals surface area contributed by atoms with Gasteiger partial charge in [0, 0.05) is 23.9 Å². The van der Waals surface area contributed by atoms with Crippen molar-refractivity contribution < 1.29 is 18.3 Å². The third-order valence-corrected chi connectivity index (χ3v) is 5.84. The largest absolute Gasteiger partial charge is 0.399 e. The molecule has 4 aromatic rings. The molecule has 5 rings (SSSR count). The van der Waals surface area contributed by atoms with Gasteiger partial charge in [-0.3, -0.25) is 4.79 Å². The van der Waals surface area contributed by atoms with E-state index < -0.39 is 12.0 Å². The van der Waals surface area contributed by atoms with E-state index in [4.69, 9.17) is 10.5 Å². The molecular formula is C26H23F2N5O2. The first kappa shape index (κ1) is 22.7. The zero-order valence-electron chi connectivity index (χ0n) is 19.0. The van der Waals surface area contributed by atoms with E-state index in [0.29, 0.717) is 46.9 Å². The number of aromatic nitrogens is 3. The number of benzene rings is 3. The first-order valence-corrected chi connectivity index (χ1v) is 11.1. The van der Waals surface area contributed by atoms with Crippen LogP contribution in [0.4, 0.5) is 14.5 Å². The van der Waals surface area contributed by atoms with Gasteiger partial charge in [0.2, 0.25) is 0 Å². The Labute approximate surface area is 200 Å². The average Bonchev–Trinajstić information content (AvgIpc) is 3.42. The Morgan fingerprint density at radius 2 is 1.74 bits per heavy atom. The number of hydrogen-bond donors (Lipinski definition) is 1. The molecule has 2 N–H and O–H groups in total. The summed E-state index contributed by atoms with van der Waals surface area (Å²) in [5, 5.41) is 9.18. The van der Waals surface area contributed by atoms with Crippen LogP contribution in [-0.2, 0) is 16.0 Å². The molecule has 1 saturated heterocycles. The number of halogens is 2. The summed E-state index contributed by atoms with van der Waals surface area (Å²) in [6, 6.07) is 17.8. The van der Waals surface area contributed by atoms with Gasteiger partial charge in [-0.2, -0.15) is 4.80 Å². The fraction of sp³-hybridized carbons (Fsp3) is 0.192. The molecule has 0 radical (unpaired) electrons. The van der Waals surface area contributed by atoms with Gasteiger partial charge in [-0.1, -0.05) is 12.1 Å². The van der Waals surface area contributed by atoms with Crippen molar-refractivity contribution in [2.24, 2.45) is 0 Å². The van der Waals surface area contributed by atoms with Gasteiger partial charge in [0.05, 0.1) is 5.69 Å². The first-order valence-electron chi connectivity index (χ1n) is 11.1. The standard InChI is InChI=1S/C26H23F2N5O2/c1-16-12-20(28)14-22(13-16)33-30-24(18-4-6-19(27)7-5-18)25(31-33)26-32(23(34)15-35-26)11-10-17-2-8-21(29)9-3-17/h2-9,12-14,26H,10-11,15,29H2,1H3. The predicted molar refractivity (Wildman–Crippen MR) is 126 cm³/mol. The molecule has 1 atom stereocenters. The van der Waals surface area contributed by atoms with Crippen LogP contribution in [0.3, 0.4) is 0 Å². The molecule has 1 aromatic heterocycles. The molecule has 9 heteroatoms. The minimum Gasteiger partial charge on any atom is -0.399 e. The number of nitrogen functional groups attached to an aromatic ring is 1. The minimum absolute atomic E-state index is 0.0960. The highest BCUT2D eigenvalue weighted by Gasteiger charge is 2.37. The normalized spacial score (nSPS) is 15.7. The summed E-state index contributed by atoms with van der Waals surface area (Å²) in [5.41, 5.74) is 10.0. The number of rotatable bonds is 6. The highest BCUT2D eigenvalue weighted by atomic mass is 19.1. The second-order valence-corrected chi connectivity index (χ2v) is 8.46.